The van der Waals surface area contributed by atoms with E-state index in [2.05, 4.69) is 9.97 Å². The van der Waals surface area contributed by atoms with Gasteiger partial charge in [-0.25, -0.2) is 4.98 Å². The summed E-state index contributed by atoms with van der Waals surface area (Å²) in [6, 6.07) is 7.13. The van der Waals surface area contributed by atoms with E-state index in [-0.39, 0.29) is 0 Å². The van der Waals surface area contributed by atoms with Gasteiger partial charge >= 0.3 is 0 Å². The summed E-state index contributed by atoms with van der Waals surface area (Å²) in [5.74, 6) is 1.07. The van der Waals surface area contributed by atoms with Crippen molar-refractivity contribution in [3.8, 4) is 11.6 Å². The quantitative estimate of drug-likeness (QED) is 0.840. The Morgan fingerprint density at radius 1 is 1.29 bits per heavy atom. The van der Waals surface area contributed by atoms with Crippen molar-refractivity contribution in [2.45, 2.75) is 6.92 Å². The fourth-order valence-corrected chi connectivity index (χ4v) is 1.38. The summed E-state index contributed by atoms with van der Waals surface area (Å²) < 4.78 is 5.54. The van der Waals surface area contributed by atoms with E-state index in [4.69, 9.17) is 22.7 Å². The minimum absolute atomic E-state index is 0.319. The fourth-order valence-electron chi connectivity index (χ4n) is 1.25. The molecule has 2 heterocycles. The summed E-state index contributed by atoms with van der Waals surface area (Å²) in [7, 11) is 0. The zero-order chi connectivity index (χ0) is 12.3. The number of ether oxygens (including phenoxy) is 1. The van der Waals surface area contributed by atoms with Crippen LogP contribution in [0, 0.1) is 6.92 Å². The van der Waals surface area contributed by atoms with Crippen LogP contribution in [0.4, 0.5) is 0 Å². The van der Waals surface area contributed by atoms with Crippen molar-refractivity contribution in [1.29, 1.82) is 0 Å². The predicted octanol–water partition coefficient (Wildman–Crippen LogP) is 2.21. The van der Waals surface area contributed by atoms with Crippen LogP contribution in [0.3, 0.4) is 0 Å². The highest BCUT2D eigenvalue weighted by molar-refractivity contribution is 7.80. The zero-order valence-corrected chi connectivity index (χ0v) is 10.1. The molecule has 0 amide bonds. The summed E-state index contributed by atoms with van der Waals surface area (Å²) in [6.45, 7) is 1.91. The third-order valence-electron chi connectivity index (χ3n) is 2.13. The molecule has 0 bridgehead atoms. The van der Waals surface area contributed by atoms with Crippen molar-refractivity contribution < 1.29 is 4.74 Å². The third kappa shape index (κ3) is 2.98. The third-order valence-corrected chi connectivity index (χ3v) is 2.36. The van der Waals surface area contributed by atoms with Crippen molar-refractivity contribution in [1.82, 2.24) is 9.97 Å². The van der Waals surface area contributed by atoms with Crippen LogP contribution in [0.15, 0.2) is 36.7 Å². The largest absolute Gasteiger partial charge is 0.437 e. The van der Waals surface area contributed by atoms with Crippen LogP contribution in [-0.2, 0) is 0 Å². The number of hydrogen-bond acceptors (Lipinski definition) is 4. The molecule has 0 aliphatic rings. The summed E-state index contributed by atoms with van der Waals surface area (Å²) in [5.41, 5.74) is 7.19. The van der Waals surface area contributed by atoms with Crippen molar-refractivity contribution in [2.75, 3.05) is 0 Å². The molecule has 86 valence electrons. The van der Waals surface area contributed by atoms with Crippen molar-refractivity contribution in [2.24, 2.45) is 5.73 Å². The van der Waals surface area contributed by atoms with Crippen LogP contribution in [0.5, 0.6) is 11.6 Å². The lowest BCUT2D eigenvalue weighted by atomic mass is 10.3. The smallest absolute Gasteiger partial charge is 0.219 e. The normalized spacial score (nSPS) is 9.94. The first-order valence-corrected chi connectivity index (χ1v) is 5.42. The Hall–Kier alpha value is -2.01. The van der Waals surface area contributed by atoms with Crippen LogP contribution < -0.4 is 10.5 Å². The van der Waals surface area contributed by atoms with Crippen LogP contribution in [0.25, 0.3) is 0 Å². The first-order chi connectivity index (χ1) is 8.15. The summed E-state index contributed by atoms with van der Waals surface area (Å²) >= 11 is 4.89. The molecule has 5 heteroatoms. The molecular weight excluding hydrogens is 234 g/mol. The Kier molecular flexibility index (Phi) is 3.30. The molecule has 0 unspecified atom stereocenters. The number of hydrogen-bond donors (Lipinski definition) is 1. The van der Waals surface area contributed by atoms with Gasteiger partial charge in [0.05, 0.1) is 6.20 Å². The second kappa shape index (κ2) is 4.88. The van der Waals surface area contributed by atoms with Gasteiger partial charge in [0.25, 0.3) is 0 Å². The van der Waals surface area contributed by atoms with E-state index in [9.17, 15) is 0 Å². The van der Waals surface area contributed by atoms with Crippen LogP contribution in [-0.4, -0.2) is 15.0 Å². The number of aromatic nitrogens is 2. The molecule has 2 rings (SSSR count). The Morgan fingerprint density at radius 2 is 2.12 bits per heavy atom. The SMILES string of the molecule is Cc1ccc(Oc2cc(C(N)=S)ccn2)cn1. The molecular formula is C12H11N3OS. The van der Waals surface area contributed by atoms with Gasteiger partial charge in [0.1, 0.15) is 10.7 Å². The molecule has 2 aromatic heterocycles. The first-order valence-electron chi connectivity index (χ1n) is 5.01. The second-order valence-corrected chi connectivity index (χ2v) is 3.92. The van der Waals surface area contributed by atoms with Crippen molar-refractivity contribution >= 4 is 17.2 Å². The number of nitrogens with two attached hydrogens (primary N) is 1. The maximum Gasteiger partial charge on any atom is 0.219 e. The van der Waals surface area contributed by atoms with Gasteiger partial charge in [-0.2, -0.15) is 0 Å². The van der Waals surface area contributed by atoms with Gasteiger partial charge in [-0.3, -0.25) is 4.98 Å². The first kappa shape index (κ1) is 11.5. The Labute approximate surface area is 104 Å². The molecule has 2 aromatic rings. The van der Waals surface area contributed by atoms with Gasteiger partial charge in [-0.1, -0.05) is 12.2 Å². The summed E-state index contributed by atoms with van der Waals surface area (Å²) in [4.78, 5) is 8.52. The minimum atomic E-state index is 0.319. The van der Waals surface area contributed by atoms with Crippen LogP contribution in [0.1, 0.15) is 11.3 Å². The second-order valence-electron chi connectivity index (χ2n) is 3.48. The Balaban J connectivity index is 2.21. The molecule has 2 N–H and O–H groups in total. The highest BCUT2D eigenvalue weighted by atomic mass is 32.1. The monoisotopic (exact) mass is 245 g/mol. The van der Waals surface area contributed by atoms with Crippen LogP contribution in [0.2, 0.25) is 0 Å². The van der Waals surface area contributed by atoms with Gasteiger partial charge in [0.2, 0.25) is 5.88 Å². The molecule has 0 atom stereocenters. The maximum absolute atomic E-state index is 5.54. The predicted molar refractivity (Wildman–Crippen MR) is 69.2 cm³/mol. The number of pyridine rings is 2. The molecule has 0 fully saturated rings. The minimum Gasteiger partial charge on any atom is -0.437 e. The number of nitrogens with zero attached hydrogens (tertiary/aromatic N) is 2. The maximum atomic E-state index is 5.54. The molecule has 0 spiro atoms. The van der Waals surface area contributed by atoms with Crippen LogP contribution >= 0.6 is 12.2 Å². The number of aryl methyl sites for hydroxylation is 1. The number of thiocarbonyl (C=S) groups is 1. The van der Waals surface area contributed by atoms with E-state index in [1.54, 1.807) is 24.5 Å². The number of rotatable bonds is 3. The van der Waals surface area contributed by atoms with Gasteiger partial charge < -0.3 is 10.5 Å². The van der Waals surface area contributed by atoms with Gasteiger partial charge in [-0.05, 0) is 25.1 Å². The van der Waals surface area contributed by atoms with E-state index in [0.29, 0.717) is 16.6 Å². The van der Waals surface area contributed by atoms with Crippen molar-refractivity contribution in [3.05, 3.63) is 47.9 Å². The van der Waals surface area contributed by atoms with E-state index >= 15 is 0 Å². The summed E-state index contributed by atoms with van der Waals surface area (Å²) in [5, 5.41) is 0. The zero-order valence-electron chi connectivity index (χ0n) is 9.25. The van der Waals surface area contributed by atoms with Gasteiger partial charge in [0.15, 0.2) is 0 Å². The van der Waals surface area contributed by atoms with E-state index in [1.807, 2.05) is 19.1 Å². The molecule has 0 aromatic carbocycles. The van der Waals surface area contributed by atoms with E-state index < -0.39 is 0 Å². The topological polar surface area (TPSA) is 61.0 Å². The average molecular weight is 245 g/mol. The lowest BCUT2D eigenvalue weighted by molar-refractivity contribution is 0.460. The lowest BCUT2D eigenvalue weighted by Crippen LogP contribution is -2.09. The molecule has 17 heavy (non-hydrogen) atoms. The highest BCUT2D eigenvalue weighted by Crippen LogP contribution is 2.19. The average Bonchev–Trinajstić information content (AvgIpc) is 2.32. The molecule has 0 saturated heterocycles. The Morgan fingerprint density at radius 3 is 2.76 bits per heavy atom. The molecule has 0 radical (unpaired) electrons. The van der Waals surface area contributed by atoms with Crippen molar-refractivity contribution in [3.63, 3.8) is 0 Å². The Bertz CT molecular complexity index is 540. The van der Waals surface area contributed by atoms with E-state index in [0.717, 1.165) is 11.3 Å². The van der Waals surface area contributed by atoms with Gasteiger partial charge in [0, 0.05) is 23.5 Å². The van der Waals surface area contributed by atoms with E-state index in [1.165, 1.54) is 0 Å². The lowest BCUT2D eigenvalue weighted by Gasteiger charge is -2.05. The molecule has 0 aliphatic carbocycles. The summed E-state index contributed by atoms with van der Waals surface area (Å²) in [6.07, 6.45) is 3.25. The van der Waals surface area contributed by atoms with Gasteiger partial charge in [-0.15, -0.1) is 0 Å². The standard InChI is InChI=1S/C12H11N3OS/c1-8-2-3-10(7-15-8)16-11-6-9(12(13)17)4-5-14-11/h2-7H,1H3,(H2,13,17). The molecule has 0 saturated carbocycles. The fraction of sp³-hybridized carbons (Fsp3) is 0.0833. The molecule has 0 aliphatic heterocycles. The molecule has 4 nitrogen and oxygen atoms in total. The highest BCUT2D eigenvalue weighted by Gasteiger charge is 2.02.